The van der Waals surface area contributed by atoms with E-state index in [0.29, 0.717) is 0 Å². The first-order valence-electron chi connectivity index (χ1n) is 5.43. The van der Waals surface area contributed by atoms with Crippen molar-refractivity contribution in [2.24, 2.45) is 7.05 Å². The Labute approximate surface area is 115 Å². The molecule has 9 heteroatoms. The molecule has 108 valence electrons. The SMILES string of the molecule is Cn1c(Sc2ccc(CO)cc2C(F)(F)F)n[nH]c1=O. The number of alkyl halides is 3. The minimum atomic E-state index is -4.55. The highest BCUT2D eigenvalue weighted by molar-refractivity contribution is 7.99. The molecule has 0 spiro atoms. The van der Waals surface area contributed by atoms with Crippen molar-refractivity contribution < 1.29 is 18.3 Å². The molecule has 5 nitrogen and oxygen atoms in total. The van der Waals surface area contributed by atoms with E-state index in [1.165, 1.54) is 19.2 Å². The maximum Gasteiger partial charge on any atom is 0.417 e. The Bertz CT molecular complexity index is 678. The number of aliphatic hydroxyl groups excluding tert-OH is 1. The lowest BCUT2D eigenvalue weighted by Crippen LogP contribution is -2.13. The molecular formula is C11H10F3N3O2S. The molecule has 0 radical (unpaired) electrons. The first-order valence-corrected chi connectivity index (χ1v) is 6.25. The lowest BCUT2D eigenvalue weighted by Gasteiger charge is -2.13. The Morgan fingerprint density at radius 2 is 2.15 bits per heavy atom. The van der Waals surface area contributed by atoms with Crippen molar-refractivity contribution in [3.05, 3.63) is 39.8 Å². The maximum absolute atomic E-state index is 13.0. The number of aromatic amines is 1. The van der Waals surface area contributed by atoms with Crippen molar-refractivity contribution in [1.29, 1.82) is 0 Å². The molecule has 2 rings (SSSR count). The highest BCUT2D eigenvalue weighted by atomic mass is 32.2. The minimum Gasteiger partial charge on any atom is -0.392 e. The molecule has 1 aromatic carbocycles. The normalized spacial score (nSPS) is 11.8. The molecular weight excluding hydrogens is 295 g/mol. The summed E-state index contributed by atoms with van der Waals surface area (Å²) in [6.07, 6.45) is -4.55. The zero-order chi connectivity index (χ0) is 14.9. The van der Waals surface area contributed by atoms with E-state index in [1.807, 2.05) is 0 Å². The summed E-state index contributed by atoms with van der Waals surface area (Å²) in [4.78, 5) is 11.1. The van der Waals surface area contributed by atoms with Crippen LogP contribution < -0.4 is 5.69 Å². The van der Waals surface area contributed by atoms with E-state index in [4.69, 9.17) is 5.11 Å². The Morgan fingerprint density at radius 1 is 1.45 bits per heavy atom. The predicted octanol–water partition coefficient (Wildman–Crippen LogP) is 1.77. The van der Waals surface area contributed by atoms with Gasteiger partial charge >= 0.3 is 11.9 Å². The lowest BCUT2D eigenvalue weighted by atomic mass is 10.1. The fourth-order valence-corrected chi connectivity index (χ4v) is 2.44. The van der Waals surface area contributed by atoms with Gasteiger partial charge in [0, 0.05) is 11.9 Å². The average Bonchev–Trinajstić information content (AvgIpc) is 2.70. The van der Waals surface area contributed by atoms with Gasteiger partial charge in [-0.25, -0.2) is 9.89 Å². The van der Waals surface area contributed by atoms with Crippen molar-refractivity contribution in [2.45, 2.75) is 22.8 Å². The molecule has 0 aliphatic rings. The van der Waals surface area contributed by atoms with Gasteiger partial charge in [0.05, 0.1) is 12.2 Å². The first kappa shape index (κ1) is 14.7. The van der Waals surface area contributed by atoms with Crippen molar-refractivity contribution in [1.82, 2.24) is 14.8 Å². The highest BCUT2D eigenvalue weighted by Crippen LogP contribution is 2.39. The standard InChI is InChI=1S/C11H10F3N3O2S/c1-17-9(19)15-16-10(17)20-8-3-2-6(5-18)4-7(8)11(12,13)14/h2-4,18H,5H2,1H3,(H,15,19). The van der Waals surface area contributed by atoms with Crippen molar-refractivity contribution in [3.63, 3.8) is 0 Å². The molecule has 0 unspecified atom stereocenters. The van der Waals surface area contributed by atoms with Gasteiger partial charge in [0.15, 0.2) is 5.16 Å². The summed E-state index contributed by atoms with van der Waals surface area (Å²) in [6, 6.07) is 3.52. The van der Waals surface area contributed by atoms with Crippen LogP contribution in [0.25, 0.3) is 0 Å². The summed E-state index contributed by atoms with van der Waals surface area (Å²) in [5, 5.41) is 14.8. The van der Waals surface area contributed by atoms with Gasteiger partial charge in [-0.2, -0.15) is 13.2 Å². The number of benzene rings is 1. The fourth-order valence-electron chi connectivity index (χ4n) is 1.51. The van der Waals surface area contributed by atoms with E-state index in [-0.39, 0.29) is 15.6 Å². The molecule has 2 aromatic rings. The molecule has 0 saturated heterocycles. The van der Waals surface area contributed by atoms with Crippen LogP contribution in [0.4, 0.5) is 13.2 Å². The van der Waals surface area contributed by atoms with E-state index in [1.54, 1.807) is 0 Å². The number of aliphatic hydroxyl groups is 1. The van der Waals surface area contributed by atoms with Crippen LogP contribution >= 0.6 is 11.8 Å². The van der Waals surface area contributed by atoms with Gasteiger partial charge in [-0.3, -0.25) is 4.57 Å². The quantitative estimate of drug-likeness (QED) is 0.906. The Morgan fingerprint density at radius 3 is 2.65 bits per heavy atom. The largest absolute Gasteiger partial charge is 0.417 e. The van der Waals surface area contributed by atoms with Crippen LogP contribution in [0.3, 0.4) is 0 Å². The highest BCUT2D eigenvalue weighted by Gasteiger charge is 2.34. The Balaban J connectivity index is 2.46. The Kier molecular flexibility index (Phi) is 3.91. The number of nitrogens with zero attached hydrogens (tertiary/aromatic N) is 2. The summed E-state index contributed by atoms with van der Waals surface area (Å²) in [5.74, 6) is 0. The maximum atomic E-state index is 13.0. The molecule has 20 heavy (non-hydrogen) atoms. The predicted molar refractivity (Wildman–Crippen MR) is 65.3 cm³/mol. The molecule has 0 aliphatic carbocycles. The molecule has 1 aromatic heterocycles. The molecule has 0 fully saturated rings. The molecule has 0 saturated carbocycles. The third-order valence-corrected chi connectivity index (χ3v) is 3.70. The summed E-state index contributed by atoms with van der Waals surface area (Å²) in [6.45, 7) is -0.477. The van der Waals surface area contributed by atoms with E-state index in [2.05, 4.69) is 10.2 Å². The third kappa shape index (κ3) is 2.88. The molecule has 0 amide bonds. The second-order valence-electron chi connectivity index (χ2n) is 3.96. The van der Waals surface area contributed by atoms with Gasteiger partial charge in [-0.15, -0.1) is 5.10 Å². The van der Waals surface area contributed by atoms with Gasteiger partial charge in [0.2, 0.25) is 0 Å². The fraction of sp³-hybridized carbons (Fsp3) is 0.273. The summed E-state index contributed by atoms with van der Waals surface area (Å²) < 4.78 is 40.1. The van der Waals surface area contributed by atoms with Gasteiger partial charge in [-0.05, 0) is 29.5 Å². The van der Waals surface area contributed by atoms with Crippen molar-refractivity contribution >= 4 is 11.8 Å². The number of halogens is 3. The molecule has 0 atom stereocenters. The van der Waals surface area contributed by atoms with Gasteiger partial charge < -0.3 is 5.11 Å². The number of rotatable bonds is 3. The van der Waals surface area contributed by atoms with Crippen LogP contribution in [-0.2, 0) is 19.8 Å². The zero-order valence-electron chi connectivity index (χ0n) is 10.2. The molecule has 2 N–H and O–H groups in total. The van der Waals surface area contributed by atoms with Crippen LogP contribution in [0.15, 0.2) is 33.0 Å². The number of aromatic nitrogens is 3. The van der Waals surface area contributed by atoms with Crippen molar-refractivity contribution in [3.8, 4) is 0 Å². The summed E-state index contributed by atoms with van der Waals surface area (Å²) in [7, 11) is 1.41. The summed E-state index contributed by atoms with van der Waals surface area (Å²) in [5.41, 5.74) is -1.21. The molecule has 1 heterocycles. The van der Waals surface area contributed by atoms with E-state index in [9.17, 15) is 18.0 Å². The number of hydrogen-bond acceptors (Lipinski definition) is 4. The van der Waals surface area contributed by atoms with Gasteiger partial charge in [-0.1, -0.05) is 6.07 Å². The van der Waals surface area contributed by atoms with E-state index < -0.39 is 24.0 Å². The third-order valence-electron chi connectivity index (χ3n) is 2.57. The number of H-pyrrole nitrogens is 1. The smallest absolute Gasteiger partial charge is 0.392 e. The molecule has 0 aliphatic heterocycles. The van der Waals surface area contributed by atoms with E-state index in [0.717, 1.165) is 22.4 Å². The lowest BCUT2D eigenvalue weighted by molar-refractivity contribution is -0.139. The number of hydrogen-bond donors (Lipinski definition) is 2. The average molecular weight is 305 g/mol. The van der Waals surface area contributed by atoms with Crippen LogP contribution in [-0.4, -0.2) is 19.9 Å². The topological polar surface area (TPSA) is 70.9 Å². The van der Waals surface area contributed by atoms with E-state index >= 15 is 0 Å². The van der Waals surface area contributed by atoms with Crippen LogP contribution in [0.1, 0.15) is 11.1 Å². The first-order chi connectivity index (χ1) is 9.32. The molecule has 0 bridgehead atoms. The summed E-state index contributed by atoms with van der Waals surface area (Å²) >= 11 is 0.727. The van der Waals surface area contributed by atoms with Gasteiger partial charge in [0.1, 0.15) is 0 Å². The van der Waals surface area contributed by atoms with Crippen LogP contribution in [0, 0.1) is 0 Å². The number of nitrogens with one attached hydrogen (secondary N) is 1. The van der Waals surface area contributed by atoms with Crippen LogP contribution in [0.2, 0.25) is 0 Å². The monoisotopic (exact) mass is 305 g/mol. The minimum absolute atomic E-state index is 0.0863. The van der Waals surface area contributed by atoms with Crippen molar-refractivity contribution in [2.75, 3.05) is 0 Å². The zero-order valence-corrected chi connectivity index (χ0v) is 11.0. The van der Waals surface area contributed by atoms with Gasteiger partial charge in [0.25, 0.3) is 0 Å². The Hall–Kier alpha value is -1.74. The van der Waals surface area contributed by atoms with Crippen LogP contribution in [0.5, 0.6) is 0 Å². The second kappa shape index (κ2) is 5.33. The second-order valence-corrected chi connectivity index (χ2v) is 4.97.